The van der Waals surface area contributed by atoms with Gasteiger partial charge in [-0.15, -0.1) is 0 Å². The molecule has 212 valence electrons. The van der Waals surface area contributed by atoms with Crippen molar-refractivity contribution in [2.45, 2.75) is 77.7 Å². The fourth-order valence-corrected chi connectivity index (χ4v) is 8.68. The van der Waals surface area contributed by atoms with Crippen LogP contribution in [0.25, 0.3) is 0 Å². The van der Waals surface area contributed by atoms with Gasteiger partial charge in [-0.25, -0.2) is 4.79 Å². The van der Waals surface area contributed by atoms with E-state index < -0.39 is 41.2 Å². The lowest BCUT2D eigenvalue weighted by Crippen LogP contribution is -2.69. The van der Waals surface area contributed by atoms with Crippen LogP contribution in [0.15, 0.2) is 47.6 Å². The quantitative estimate of drug-likeness (QED) is 0.477. The topological polar surface area (TPSA) is 88.5 Å². The normalized spacial score (nSPS) is 43.0. The standard InChI is InChI=1S/C31H40ClNO6/c1-16-14-30-17(2)12-22-23(28(22,3)4)21(24(30)34)13-18-15-37-29(5,6)39-26(18)31(30,36)25(16)38-27(35)33(7)20-10-8-19(32)9-11-20/h8-11,13-14,17,21-26,34,36H,12,15H2,1-7H3/t17-,21+,22-,23+,24?,25+,26-,30+,31-/m1/s1. The smallest absolute Gasteiger partial charge is 0.414 e. The highest BCUT2D eigenvalue weighted by Crippen LogP contribution is 2.73. The molecule has 39 heavy (non-hydrogen) atoms. The largest absolute Gasteiger partial charge is 0.438 e. The first-order chi connectivity index (χ1) is 18.1. The average Bonchev–Trinajstić information content (AvgIpc) is 3.36. The zero-order chi connectivity index (χ0) is 28.3. The Morgan fingerprint density at radius 1 is 1.18 bits per heavy atom. The SMILES string of the molecule is CC1=C[C@]23C(O)[C@@H](C=C4COC(C)(C)O[C@H]4[C@]2(O)[C@H]1OC(=O)N(C)c1ccc(Cl)cc1)[C@H]1[C@@H](C[C@H]3C)C1(C)C. The Bertz CT molecular complexity index is 1260. The Labute approximate surface area is 235 Å². The number of fused-ring (bicyclic) bond motifs is 5. The minimum Gasteiger partial charge on any atom is -0.438 e. The molecule has 1 heterocycles. The first-order valence-corrected chi connectivity index (χ1v) is 14.3. The molecule has 1 amide bonds. The van der Waals surface area contributed by atoms with E-state index in [2.05, 4.69) is 26.8 Å². The van der Waals surface area contributed by atoms with Crippen LogP contribution in [0.2, 0.25) is 5.02 Å². The third kappa shape index (κ3) is 3.66. The van der Waals surface area contributed by atoms with Crippen LogP contribution in [0.4, 0.5) is 10.5 Å². The molecular formula is C31H40ClNO6. The van der Waals surface area contributed by atoms with Crippen molar-refractivity contribution in [3.8, 4) is 0 Å². The van der Waals surface area contributed by atoms with Gasteiger partial charge in [0.15, 0.2) is 11.9 Å². The van der Waals surface area contributed by atoms with Gasteiger partial charge in [-0.2, -0.15) is 0 Å². The summed E-state index contributed by atoms with van der Waals surface area (Å²) in [5, 5.41) is 26.0. The first kappa shape index (κ1) is 27.3. The summed E-state index contributed by atoms with van der Waals surface area (Å²) in [5.74, 6) is -0.519. The molecule has 2 saturated carbocycles. The van der Waals surface area contributed by atoms with Crippen molar-refractivity contribution in [3.63, 3.8) is 0 Å². The summed E-state index contributed by atoms with van der Waals surface area (Å²) in [4.78, 5) is 15.0. The van der Waals surface area contributed by atoms with Crippen LogP contribution in [0, 0.1) is 34.5 Å². The lowest BCUT2D eigenvalue weighted by atomic mass is 9.58. The molecule has 0 aromatic heterocycles. The number of nitrogens with zero attached hydrogens (tertiary/aromatic N) is 1. The minimum atomic E-state index is -1.74. The lowest BCUT2D eigenvalue weighted by molar-refractivity contribution is -0.311. The number of hydrogen-bond acceptors (Lipinski definition) is 6. The van der Waals surface area contributed by atoms with Gasteiger partial charge in [0.25, 0.3) is 0 Å². The van der Waals surface area contributed by atoms with E-state index in [0.29, 0.717) is 22.2 Å². The summed E-state index contributed by atoms with van der Waals surface area (Å²) in [5.41, 5.74) is -0.602. The molecule has 4 aliphatic carbocycles. The summed E-state index contributed by atoms with van der Waals surface area (Å²) in [6.45, 7) is 12.5. The Balaban J connectivity index is 1.46. The van der Waals surface area contributed by atoms with E-state index in [4.69, 9.17) is 25.8 Å². The molecule has 2 N–H and O–H groups in total. The highest BCUT2D eigenvalue weighted by molar-refractivity contribution is 6.30. The molecule has 1 saturated heterocycles. The van der Waals surface area contributed by atoms with Crippen molar-refractivity contribution >= 4 is 23.4 Å². The van der Waals surface area contributed by atoms with Crippen molar-refractivity contribution in [1.82, 2.24) is 0 Å². The molecule has 1 aliphatic heterocycles. The number of anilines is 1. The van der Waals surface area contributed by atoms with Crippen LogP contribution in [-0.4, -0.2) is 59.7 Å². The van der Waals surface area contributed by atoms with Gasteiger partial charge in [-0.1, -0.05) is 44.5 Å². The second-order valence-electron chi connectivity index (χ2n) is 13.5. The Morgan fingerprint density at radius 2 is 1.85 bits per heavy atom. The third-order valence-corrected chi connectivity index (χ3v) is 10.9. The first-order valence-electron chi connectivity index (χ1n) is 14.0. The number of carbonyl (C=O) groups excluding carboxylic acids is 1. The third-order valence-electron chi connectivity index (χ3n) is 10.6. The Morgan fingerprint density at radius 3 is 2.51 bits per heavy atom. The van der Waals surface area contributed by atoms with E-state index in [0.717, 1.165) is 12.0 Å². The Kier molecular flexibility index (Phi) is 5.98. The molecular weight excluding hydrogens is 518 g/mol. The molecule has 6 rings (SSSR count). The fraction of sp³-hybridized carbons (Fsp3) is 0.645. The summed E-state index contributed by atoms with van der Waals surface area (Å²) in [6.07, 6.45) is 1.61. The van der Waals surface area contributed by atoms with Crippen molar-refractivity contribution in [1.29, 1.82) is 0 Å². The zero-order valence-corrected chi connectivity index (χ0v) is 24.5. The molecule has 5 aliphatic rings. The predicted octanol–water partition coefficient (Wildman–Crippen LogP) is 5.34. The molecule has 2 bridgehead atoms. The molecule has 7 nitrogen and oxygen atoms in total. The van der Waals surface area contributed by atoms with Gasteiger partial charge in [0.1, 0.15) is 11.7 Å². The maximum Gasteiger partial charge on any atom is 0.414 e. The molecule has 1 aromatic carbocycles. The van der Waals surface area contributed by atoms with Crippen LogP contribution in [-0.2, 0) is 14.2 Å². The van der Waals surface area contributed by atoms with Gasteiger partial charge in [-0.3, -0.25) is 4.90 Å². The van der Waals surface area contributed by atoms with Gasteiger partial charge >= 0.3 is 6.09 Å². The van der Waals surface area contributed by atoms with Crippen molar-refractivity contribution in [3.05, 3.63) is 52.6 Å². The van der Waals surface area contributed by atoms with Crippen molar-refractivity contribution < 1.29 is 29.2 Å². The maximum atomic E-state index is 13.6. The highest BCUT2D eigenvalue weighted by Gasteiger charge is 2.77. The van der Waals surface area contributed by atoms with Gasteiger partial charge in [-0.05, 0) is 85.8 Å². The number of ether oxygens (including phenoxy) is 3. The van der Waals surface area contributed by atoms with Crippen LogP contribution < -0.4 is 4.90 Å². The molecule has 9 atom stereocenters. The van der Waals surface area contributed by atoms with Crippen molar-refractivity contribution in [2.24, 2.45) is 34.5 Å². The zero-order valence-electron chi connectivity index (χ0n) is 23.8. The number of carbonyl (C=O) groups is 1. The number of hydrogen-bond donors (Lipinski definition) is 2. The van der Waals surface area contributed by atoms with E-state index in [1.165, 1.54) is 4.90 Å². The van der Waals surface area contributed by atoms with E-state index in [1.807, 2.05) is 26.8 Å². The predicted molar refractivity (Wildman–Crippen MR) is 148 cm³/mol. The van der Waals surface area contributed by atoms with Gasteiger partial charge in [0.2, 0.25) is 0 Å². The number of aliphatic hydroxyl groups excluding tert-OH is 1. The van der Waals surface area contributed by atoms with E-state index >= 15 is 0 Å². The highest BCUT2D eigenvalue weighted by atomic mass is 35.5. The summed E-state index contributed by atoms with van der Waals surface area (Å²) in [7, 11) is 1.63. The lowest BCUT2D eigenvalue weighted by Gasteiger charge is -2.55. The van der Waals surface area contributed by atoms with Gasteiger partial charge in [0, 0.05) is 23.7 Å². The molecule has 1 unspecified atom stereocenters. The molecule has 8 heteroatoms. The summed E-state index contributed by atoms with van der Waals surface area (Å²) in [6, 6.07) is 6.90. The second-order valence-corrected chi connectivity index (χ2v) is 13.9. The molecule has 1 spiro atoms. The number of halogens is 1. The van der Waals surface area contributed by atoms with Crippen LogP contribution in [0.1, 0.15) is 48.0 Å². The van der Waals surface area contributed by atoms with Crippen LogP contribution in [0.5, 0.6) is 0 Å². The van der Waals surface area contributed by atoms with E-state index in [1.54, 1.807) is 31.3 Å². The van der Waals surface area contributed by atoms with E-state index in [-0.39, 0.29) is 29.8 Å². The van der Waals surface area contributed by atoms with E-state index in [9.17, 15) is 15.0 Å². The van der Waals surface area contributed by atoms with Gasteiger partial charge in [0.05, 0.1) is 18.1 Å². The maximum absolute atomic E-state index is 13.6. The second kappa shape index (κ2) is 8.56. The summed E-state index contributed by atoms with van der Waals surface area (Å²) < 4.78 is 18.8. The molecule has 0 radical (unpaired) electrons. The number of benzene rings is 1. The fourth-order valence-electron chi connectivity index (χ4n) is 8.56. The molecule has 3 fully saturated rings. The number of aliphatic hydroxyl groups is 2. The average molecular weight is 558 g/mol. The summed E-state index contributed by atoms with van der Waals surface area (Å²) >= 11 is 6.04. The van der Waals surface area contributed by atoms with Crippen LogP contribution >= 0.6 is 11.6 Å². The van der Waals surface area contributed by atoms with Crippen LogP contribution in [0.3, 0.4) is 0 Å². The number of amides is 1. The van der Waals surface area contributed by atoms with Crippen molar-refractivity contribution in [2.75, 3.05) is 18.6 Å². The van der Waals surface area contributed by atoms with Gasteiger partial charge < -0.3 is 24.4 Å². The molecule has 1 aromatic rings. The minimum absolute atomic E-state index is 0.0910. The Hall–Kier alpha value is -1.90. The number of rotatable bonds is 2. The monoisotopic (exact) mass is 557 g/mol.